The fourth-order valence-corrected chi connectivity index (χ4v) is 1.95. The average Bonchev–Trinajstić information content (AvgIpc) is 2.44. The number of unbranched alkanes of at least 4 members (excludes halogenated alkanes) is 8. The summed E-state index contributed by atoms with van der Waals surface area (Å²) in [4.78, 5) is 22.7. The van der Waals surface area contributed by atoms with Crippen LogP contribution in [-0.2, 0) is 14.3 Å². The van der Waals surface area contributed by atoms with E-state index in [1.807, 2.05) is 0 Å². The van der Waals surface area contributed by atoms with Crippen molar-refractivity contribution in [3.05, 3.63) is 0 Å². The van der Waals surface area contributed by atoms with Crippen LogP contribution in [0.4, 0.5) is 0 Å². The molecule has 0 amide bonds. The molecule has 4 nitrogen and oxygen atoms in total. The van der Waals surface area contributed by atoms with Crippen LogP contribution >= 0.6 is 0 Å². The zero-order valence-corrected chi connectivity index (χ0v) is 16.4. The van der Waals surface area contributed by atoms with Crippen molar-refractivity contribution in [2.75, 3.05) is 7.05 Å². The molecule has 21 heavy (non-hydrogen) atoms. The van der Waals surface area contributed by atoms with Gasteiger partial charge in [-0.25, -0.2) is 4.79 Å². The fraction of sp³-hybridized carbons (Fsp3) is 0.875. The van der Waals surface area contributed by atoms with Gasteiger partial charge in [-0.1, -0.05) is 58.3 Å². The molecule has 0 saturated carbocycles. The van der Waals surface area contributed by atoms with Gasteiger partial charge in [-0.15, -0.1) is 0 Å². The minimum absolute atomic E-state index is 0. The van der Waals surface area contributed by atoms with Gasteiger partial charge in [0.15, 0.2) is 0 Å². The summed E-state index contributed by atoms with van der Waals surface area (Å²) in [5.74, 6) is -0.895. The zero-order valence-electron chi connectivity index (χ0n) is 14.4. The van der Waals surface area contributed by atoms with Crippen LogP contribution in [0, 0.1) is 0 Å². The third-order valence-electron chi connectivity index (χ3n) is 3.49. The first-order valence-electron chi connectivity index (χ1n) is 8.03. The number of hydrogen-bond acceptors (Lipinski definition) is 4. The summed E-state index contributed by atoms with van der Waals surface area (Å²) in [5.41, 5.74) is 0. The Kier molecular flexibility index (Phi) is 18.3. The number of ether oxygens (including phenoxy) is 1. The molecule has 0 saturated heterocycles. The van der Waals surface area contributed by atoms with E-state index in [1.165, 1.54) is 44.9 Å². The Bertz CT molecular complexity index is 272. The molecule has 1 unspecified atom stereocenters. The molecule has 0 aromatic carbocycles. The van der Waals surface area contributed by atoms with Gasteiger partial charge in [0.2, 0.25) is 0 Å². The third kappa shape index (κ3) is 14.8. The number of carbonyl (C=O) groups is 2. The summed E-state index contributed by atoms with van der Waals surface area (Å²) in [6.07, 6.45) is 11.2. The Morgan fingerprint density at radius 2 is 1.43 bits per heavy atom. The summed E-state index contributed by atoms with van der Waals surface area (Å²) in [6.45, 7) is 3.90. The van der Waals surface area contributed by atoms with Crippen molar-refractivity contribution < 1.29 is 14.3 Å². The van der Waals surface area contributed by atoms with Crippen LogP contribution in [0.3, 0.4) is 0 Å². The standard InChI is InChI=1S/C16H31NO3.Na/c1-4-5-6-7-8-9-10-11-12-13-15(18)20-16(19)14(2)17-3;/h14,17H,4-13H2,1-3H3;. The molecule has 1 atom stereocenters. The van der Waals surface area contributed by atoms with Gasteiger partial charge < -0.3 is 10.1 Å². The van der Waals surface area contributed by atoms with Crippen LogP contribution < -0.4 is 5.32 Å². The molecular weight excluding hydrogens is 277 g/mol. The minimum Gasteiger partial charge on any atom is -0.392 e. The molecule has 1 radical (unpaired) electrons. The van der Waals surface area contributed by atoms with E-state index in [2.05, 4.69) is 12.2 Å². The summed E-state index contributed by atoms with van der Waals surface area (Å²) in [6, 6.07) is -0.429. The predicted octanol–water partition coefficient (Wildman–Crippen LogP) is 3.20. The first-order chi connectivity index (χ1) is 9.61. The Hall–Kier alpha value is 0.1000. The molecule has 0 spiro atoms. The van der Waals surface area contributed by atoms with E-state index in [0.29, 0.717) is 6.42 Å². The first kappa shape index (κ1) is 23.4. The van der Waals surface area contributed by atoms with Gasteiger partial charge in [-0.2, -0.15) is 0 Å². The van der Waals surface area contributed by atoms with E-state index in [1.54, 1.807) is 14.0 Å². The summed E-state index contributed by atoms with van der Waals surface area (Å²) < 4.78 is 4.73. The Balaban J connectivity index is 0. The van der Waals surface area contributed by atoms with Crippen LogP contribution in [0.25, 0.3) is 0 Å². The molecule has 0 bridgehead atoms. The van der Waals surface area contributed by atoms with Crippen molar-refractivity contribution in [2.45, 2.75) is 84.1 Å². The molecule has 0 aromatic rings. The molecule has 119 valence electrons. The maximum atomic E-state index is 11.4. The molecule has 0 aliphatic carbocycles. The predicted molar refractivity (Wildman–Crippen MR) is 87.2 cm³/mol. The fourth-order valence-electron chi connectivity index (χ4n) is 1.95. The van der Waals surface area contributed by atoms with Crippen molar-refractivity contribution in [3.8, 4) is 0 Å². The second-order valence-corrected chi connectivity index (χ2v) is 5.38. The van der Waals surface area contributed by atoms with Crippen molar-refractivity contribution in [2.24, 2.45) is 0 Å². The zero-order chi connectivity index (χ0) is 15.2. The SMILES string of the molecule is CCCCCCCCCCCC(=O)OC(=O)C(C)NC.[Na]. The van der Waals surface area contributed by atoms with Crippen LogP contribution in [0.2, 0.25) is 0 Å². The Morgan fingerprint density at radius 1 is 0.952 bits per heavy atom. The summed E-state index contributed by atoms with van der Waals surface area (Å²) in [7, 11) is 1.66. The summed E-state index contributed by atoms with van der Waals surface area (Å²) >= 11 is 0. The van der Waals surface area contributed by atoms with Gasteiger partial charge in [0.25, 0.3) is 0 Å². The Morgan fingerprint density at radius 3 is 1.90 bits per heavy atom. The van der Waals surface area contributed by atoms with E-state index in [0.717, 1.165) is 12.8 Å². The molecular formula is C16H31NNaO3. The van der Waals surface area contributed by atoms with Crippen LogP contribution in [-0.4, -0.2) is 54.6 Å². The second kappa shape index (κ2) is 16.5. The molecule has 0 aliphatic heterocycles. The largest absolute Gasteiger partial charge is 0.392 e. The van der Waals surface area contributed by atoms with Crippen LogP contribution in [0.1, 0.15) is 78.1 Å². The van der Waals surface area contributed by atoms with Crippen molar-refractivity contribution >= 4 is 41.5 Å². The third-order valence-corrected chi connectivity index (χ3v) is 3.49. The average molecular weight is 308 g/mol. The molecule has 0 heterocycles. The monoisotopic (exact) mass is 308 g/mol. The van der Waals surface area contributed by atoms with Crippen LogP contribution in [0.5, 0.6) is 0 Å². The van der Waals surface area contributed by atoms with E-state index >= 15 is 0 Å². The van der Waals surface area contributed by atoms with Crippen LogP contribution in [0.15, 0.2) is 0 Å². The normalized spacial score (nSPS) is 11.6. The van der Waals surface area contributed by atoms with Crippen molar-refractivity contribution in [1.82, 2.24) is 5.32 Å². The topological polar surface area (TPSA) is 55.4 Å². The maximum Gasteiger partial charge on any atom is 0.330 e. The van der Waals surface area contributed by atoms with Gasteiger partial charge in [0.05, 0.1) is 0 Å². The molecule has 1 N–H and O–H groups in total. The molecule has 5 heteroatoms. The Labute approximate surface area is 152 Å². The molecule has 0 aromatic heterocycles. The number of rotatable bonds is 12. The van der Waals surface area contributed by atoms with Gasteiger partial charge in [-0.05, 0) is 20.4 Å². The van der Waals surface area contributed by atoms with Gasteiger partial charge in [-0.3, -0.25) is 4.79 Å². The van der Waals surface area contributed by atoms with E-state index in [-0.39, 0.29) is 29.6 Å². The van der Waals surface area contributed by atoms with E-state index < -0.39 is 18.0 Å². The number of likely N-dealkylation sites (N-methyl/N-ethyl adjacent to an activating group) is 1. The van der Waals surface area contributed by atoms with Gasteiger partial charge in [0.1, 0.15) is 6.04 Å². The van der Waals surface area contributed by atoms with Gasteiger partial charge >= 0.3 is 11.9 Å². The summed E-state index contributed by atoms with van der Waals surface area (Å²) in [5, 5.41) is 2.75. The second-order valence-electron chi connectivity index (χ2n) is 5.38. The quantitative estimate of drug-likeness (QED) is 0.260. The number of carbonyl (C=O) groups excluding carboxylic acids is 2. The molecule has 0 aliphatic rings. The first-order valence-corrected chi connectivity index (χ1v) is 8.03. The minimum atomic E-state index is -0.492. The number of hydrogen-bond donors (Lipinski definition) is 1. The number of esters is 2. The van der Waals surface area contributed by atoms with Crippen molar-refractivity contribution in [1.29, 1.82) is 0 Å². The van der Waals surface area contributed by atoms with E-state index in [4.69, 9.17) is 4.74 Å². The van der Waals surface area contributed by atoms with E-state index in [9.17, 15) is 9.59 Å². The van der Waals surface area contributed by atoms with Gasteiger partial charge in [0, 0.05) is 36.0 Å². The number of nitrogens with one attached hydrogen (secondary N) is 1. The molecule has 0 fully saturated rings. The smallest absolute Gasteiger partial charge is 0.330 e. The van der Waals surface area contributed by atoms with Crippen molar-refractivity contribution in [3.63, 3.8) is 0 Å². The molecule has 0 rings (SSSR count). The maximum absolute atomic E-state index is 11.4.